The van der Waals surface area contributed by atoms with Gasteiger partial charge in [0.1, 0.15) is 0 Å². The van der Waals surface area contributed by atoms with E-state index in [1.165, 1.54) is 6.20 Å². The third-order valence-electron chi connectivity index (χ3n) is 5.62. The summed E-state index contributed by atoms with van der Waals surface area (Å²) in [6, 6.07) is 7.20. The van der Waals surface area contributed by atoms with Crippen molar-refractivity contribution in [2.24, 2.45) is 0 Å². The molecule has 4 rings (SSSR count). The highest BCUT2D eigenvalue weighted by Crippen LogP contribution is 2.29. The van der Waals surface area contributed by atoms with Gasteiger partial charge in [0.05, 0.1) is 30.5 Å². The molecule has 1 aliphatic rings. The molecule has 3 aromatic rings. The first-order chi connectivity index (χ1) is 16.1. The molecule has 1 aliphatic heterocycles. The first-order valence-electron chi connectivity index (χ1n) is 10.6. The number of halogens is 5. The van der Waals surface area contributed by atoms with Gasteiger partial charge in [-0.2, -0.15) is 0 Å². The van der Waals surface area contributed by atoms with Crippen LogP contribution in [0.1, 0.15) is 22.3 Å². The smallest absolute Gasteiger partial charge is 0.374 e. The molecule has 34 heavy (non-hydrogen) atoms. The molecule has 1 saturated heterocycles. The van der Waals surface area contributed by atoms with E-state index in [2.05, 4.69) is 15.0 Å². The molecule has 6 nitrogen and oxygen atoms in total. The second kappa shape index (κ2) is 9.59. The van der Waals surface area contributed by atoms with Gasteiger partial charge in [-0.25, -0.2) is 8.78 Å². The van der Waals surface area contributed by atoms with Crippen LogP contribution in [0.4, 0.5) is 33.3 Å². The highest BCUT2D eigenvalue weighted by molar-refractivity contribution is 6.09. The number of carbonyl (C=O) groups is 1. The third kappa shape index (κ3) is 5.48. The number of benzene rings is 2. The van der Waals surface area contributed by atoms with Crippen LogP contribution in [0, 0.1) is 18.6 Å². The molecule has 182 valence electrons. The number of rotatable bonds is 7. The van der Waals surface area contributed by atoms with E-state index in [9.17, 15) is 26.7 Å². The van der Waals surface area contributed by atoms with Crippen molar-refractivity contribution in [3.8, 4) is 0 Å². The SMILES string of the molecule is Cc1cc(C(=O)Nc2c[nH]c3cc(F)c(F)cc23)ccc1N1CC[C@@H](OCCOC(F)(F)F)C1. The van der Waals surface area contributed by atoms with E-state index in [-0.39, 0.29) is 12.7 Å². The largest absolute Gasteiger partial charge is 0.522 e. The Hall–Kier alpha value is -3.18. The minimum atomic E-state index is -4.67. The van der Waals surface area contributed by atoms with Crippen molar-refractivity contribution in [1.29, 1.82) is 0 Å². The second-order valence-electron chi connectivity index (χ2n) is 7.99. The summed E-state index contributed by atoms with van der Waals surface area (Å²) in [6.45, 7) is 2.31. The van der Waals surface area contributed by atoms with E-state index < -0.39 is 30.5 Å². The molecule has 0 unspecified atom stereocenters. The molecular formula is C23H22F5N3O3. The monoisotopic (exact) mass is 483 g/mol. The molecule has 0 radical (unpaired) electrons. The lowest BCUT2D eigenvalue weighted by molar-refractivity contribution is -0.327. The third-order valence-corrected chi connectivity index (χ3v) is 5.62. The number of aromatic amines is 1. The van der Waals surface area contributed by atoms with Crippen LogP contribution in [0.15, 0.2) is 36.5 Å². The summed E-state index contributed by atoms with van der Waals surface area (Å²) in [5.41, 5.74) is 2.79. The summed E-state index contributed by atoms with van der Waals surface area (Å²) < 4.78 is 72.3. The maximum Gasteiger partial charge on any atom is 0.522 e. The molecule has 1 fully saturated rings. The van der Waals surface area contributed by atoms with Crippen molar-refractivity contribution in [1.82, 2.24) is 4.98 Å². The fourth-order valence-corrected chi connectivity index (χ4v) is 4.02. The van der Waals surface area contributed by atoms with Gasteiger partial charge in [0.2, 0.25) is 0 Å². The number of nitrogens with one attached hydrogen (secondary N) is 2. The van der Waals surface area contributed by atoms with Gasteiger partial charge < -0.3 is 19.9 Å². The summed E-state index contributed by atoms with van der Waals surface area (Å²) >= 11 is 0. The minimum absolute atomic E-state index is 0.152. The molecule has 1 atom stereocenters. The van der Waals surface area contributed by atoms with E-state index in [4.69, 9.17) is 4.74 Å². The maximum absolute atomic E-state index is 13.6. The Kier molecular flexibility index (Phi) is 6.76. The zero-order valence-corrected chi connectivity index (χ0v) is 18.1. The van der Waals surface area contributed by atoms with Gasteiger partial charge >= 0.3 is 6.36 Å². The Balaban J connectivity index is 1.37. The molecule has 2 aromatic carbocycles. The summed E-state index contributed by atoms with van der Waals surface area (Å²) in [5, 5.41) is 3.06. The molecule has 2 heterocycles. The zero-order chi connectivity index (χ0) is 24.5. The predicted octanol–water partition coefficient (Wildman–Crippen LogP) is 5.14. The molecular weight excluding hydrogens is 461 g/mol. The Morgan fingerprint density at radius 1 is 1.18 bits per heavy atom. The van der Waals surface area contributed by atoms with Gasteiger partial charge in [0, 0.05) is 42.0 Å². The van der Waals surface area contributed by atoms with Gasteiger partial charge in [-0.1, -0.05) is 0 Å². The van der Waals surface area contributed by atoms with Crippen molar-refractivity contribution in [3.63, 3.8) is 0 Å². The topological polar surface area (TPSA) is 66.6 Å². The van der Waals surface area contributed by atoms with E-state index in [0.29, 0.717) is 41.7 Å². The normalized spacial score (nSPS) is 16.4. The average Bonchev–Trinajstić information content (AvgIpc) is 3.38. The Labute approximate surface area is 191 Å². The highest BCUT2D eigenvalue weighted by Gasteiger charge is 2.29. The number of alkyl halides is 3. The number of carbonyl (C=O) groups excluding carboxylic acids is 1. The van der Waals surface area contributed by atoms with Crippen molar-refractivity contribution < 1.29 is 36.2 Å². The fourth-order valence-electron chi connectivity index (χ4n) is 4.02. The highest BCUT2D eigenvalue weighted by atomic mass is 19.4. The first kappa shape index (κ1) is 24.0. The summed E-state index contributed by atoms with van der Waals surface area (Å²) in [6.07, 6.45) is -2.76. The number of anilines is 2. The van der Waals surface area contributed by atoms with E-state index in [0.717, 1.165) is 23.4 Å². The van der Waals surface area contributed by atoms with Crippen LogP contribution in [-0.2, 0) is 9.47 Å². The second-order valence-corrected chi connectivity index (χ2v) is 7.99. The van der Waals surface area contributed by atoms with Crippen molar-refractivity contribution in [3.05, 3.63) is 59.3 Å². The standard InChI is InChI=1S/C23H22F5N3O3/c1-13-8-14(22(32)30-20-11-29-19-10-18(25)17(24)9-16(19)20)2-3-21(13)31-5-4-15(12-31)33-6-7-34-23(26,27)28/h2-3,8-11,15,29H,4-7,12H2,1H3,(H,30,32)/t15-/m1/s1. The Bertz CT molecular complexity index is 1190. The predicted molar refractivity (Wildman–Crippen MR) is 116 cm³/mol. The lowest BCUT2D eigenvalue weighted by Gasteiger charge is -2.21. The molecule has 0 spiro atoms. The molecule has 0 bridgehead atoms. The van der Waals surface area contributed by atoms with Crippen LogP contribution in [-0.4, -0.2) is 49.7 Å². The summed E-state index contributed by atoms with van der Waals surface area (Å²) in [5.74, 6) is -2.40. The van der Waals surface area contributed by atoms with Crippen LogP contribution in [0.25, 0.3) is 10.9 Å². The van der Waals surface area contributed by atoms with Crippen LogP contribution < -0.4 is 10.2 Å². The van der Waals surface area contributed by atoms with Crippen molar-refractivity contribution in [2.75, 3.05) is 36.5 Å². The zero-order valence-electron chi connectivity index (χ0n) is 18.1. The van der Waals surface area contributed by atoms with Gasteiger partial charge in [0.25, 0.3) is 5.91 Å². The first-order valence-corrected chi connectivity index (χ1v) is 10.6. The van der Waals surface area contributed by atoms with E-state index in [1.807, 2.05) is 11.8 Å². The number of aryl methyl sites for hydroxylation is 1. The van der Waals surface area contributed by atoms with Gasteiger partial charge in [0.15, 0.2) is 11.6 Å². The number of hydrogen-bond donors (Lipinski definition) is 2. The quantitative estimate of drug-likeness (QED) is 0.361. The minimum Gasteiger partial charge on any atom is -0.374 e. The van der Waals surface area contributed by atoms with Crippen LogP contribution in [0.3, 0.4) is 0 Å². The summed E-state index contributed by atoms with van der Waals surface area (Å²) in [7, 11) is 0. The Morgan fingerprint density at radius 2 is 1.94 bits per heavy atom. The lowest BCUT2D eigenvalue weighted by Crippen LogP contribution is -2.25. The van der Waals surface area contributed by atoms with Crippen molar-refractivity contribution >= 4 is 28.2 Å². The number of hydrogen-bond acceptors (Lipinski definition) is 4. The van der Waals surface area contributed by atoms with Crippen LogP contribution >= 0.6 is 0 Å². The number of amides is 1. The molecule has 1 aromatic heterocycles. The number of nitrogens with zero attached hydrogens (tertiary/aromatic N) is 1. The molecule has 11 heteroatoms. The number of aromatic nitrogens is 1. The van der Waals surface area contributed by atoms with Gasteiger partial charge in [-0.3, -0.25) is 9.53 Å². The maximum atomic E-state index is 13.6. The molecule has 1 amide bonds. The average molecular weight is 483 g/mol. The molecule has 2 N–H and O–H groups in total. The molecule has 0 aliphatic carbocycles. The van der Waals surface area contributed by atoms with Gasteiger partial charge in [-0.15, -0.1) is 13.2 Å². The van der Waals surface area contributed by atoms with E-state index in [1.54, 1.807) is 18.2 Å². The number of H-pyrrole nitrogens is 1. The number of fused-ring (bicyclic) bond motifs is 1. The lowest BCUT2D eigenvalue weighted by atomic mass is 10.1. The van der Waals surface area contributed by atoms with Gasteiger partial charge in [-0.05, 0) is 43.2 Å². The van der Waals surface area contributed by atoms with E-state index >= 15 is 0 Å². The fraction of sp³-hybridized carbons (Fsp3) is 0.348. The Morgan fingerprint density at radius 3 is 2.68 bits per heavy atom. The molecule has 0 saturated carbocycles. The number of ether oxygens (including phenoxy) is 2. The summed E-state index contributed by atoms with van der Waals surface area (Å²) in [4.78, 5) is 17.6. The van der Waals surface area contributed by atoms with Crippen LogP contribution in [0.5, 0.6) is 0 Å². The van der Waals surface area contributed by atoms with Crippen molar-refractivity contribution in [2.45, 2.75) is 25.8 Å². The van der Waals surface area contributed by atoms with Crippen LogP contribution in [0.2, 0.25) is 0 Å².